The maximum absolute atomic E-state index is 13.7. The van der Waals surface area contributed by atoms with Crippen LogP contribution in [-0.2, 0) is 7.05 Å². The highest BCUT2D eigenvalue weighted by Gasteiger charge is 2.25. The zero-order chi connectivity index (χ0) is 17.1. The van der Waals surface area contributed by atoms with E-state index in [0.717, 1.165) is 25.5 Å². The van der Waals surface area contributed by atoms with Gasteiger partial charge in [0, 0.05) is 19.1 Å². The standard InChI is InChI=1S/C15H18ClFN6O/c1-23-8-18-7-12(23)14(24)21-10-4-2-3-9(5-10)20-13-11(17)6-19-15(16)22-13/h6-10H,2-5H2,1H3,(H,21,24)(H,19,20,22). The summed E-state index contributed by atoms with van der Waals surface area (Å²) in [7, 11) is 1.77. The van der Waals surface area contributed by atoms with E-state index in [1.165, 1.54) is 6.20 Å². The molecular formula is C15H18ClFN6O. The van der Waals surface area contributed by atoms with E-state index in [4.69, 9.17) is 11.6 Å². The molecule has 7 nitrogen and oxygen atoms in total. The molecule has 2 atom stereocenters. The largest absolute Gasteiger partial charge is 0.365 e. The van der Waals surface area contributed by atoms with E-state index in [-0.39, 0.29) is 29.1 Å². The third-order valence-electron chi connectivity index (χ3n) is 4.11. The Labute approximate surface area is 143 Å². The molecule has 1 amide bonds. The fourth-order valence-electron chi connectivity index (χ4n) is 2.93. The summed E-state index contributed by atoms with van der Waals surface area (Å²) < 4.78 is 15.4. The zero-order valence-corrected chi connectivity index (χ0v) is 13.9. The molecule has 2 unspecified atom stereocenters. The van der Waals surface area contributed by atoms with Crippen molar-refractivity contribution in [2.45, 2.75) is 37.8 Å². The molecule has 0 radical (unpaired) electrons. The van der Waals surface area contributed by atoms with Crippen molar-refractivity contribution in [3.8, 4) is 0 Å². The average Bonchev–Trinajstić information content (AvgIpc) is 2.97. The molecule has 2 heterocycles. The number of anilines is 1. The number of imidazole rings is 1. The van der Waals surface area contributed by atoms with Crippen molar-refractivity contribution >= 4 is 23.3 Å². The van der Waals surface area contributed by atoms with Gasteiger partial charge in [-0.2, -0.15) is 4.98 Å². The number of carbonyl (C=O) groups is 1. The summed E-state index contributed by atoms with van der Waals surface area (Å²) in [5.41, 5.74) is 0.513. The first-order chi connectivity index (χ1) is 11.5. The molecule has 1 fully saturated rings. The van der Waals surface area contributed by atoms with Gasteiger partial charge >= 0.3 is 0 Å². The van der Waals surface area contributed by atoms with Crippen LogP contribution in [0.25, 0.3) is 0 Å². The van der Waals surface area contributed by atoms with Crippen LogP contribution in [0.1, 0.15) is 36.2 Å². The molecule has 1 aliphatic carbocycles. The highest BCUT2D eigenvalue weighted by atomic mass is 35.5. The molecule has 1 aliphatic rings. The number of nitrogens with zero attached hydrogens (tertiary/aromatic N) is 4. The molecule has 24 heavy (non-hydrogen) atoms. The third kappa shape index (κ3) is 3.81. The second-order valence-electron chi connectivity index (χ2n) is 5.90. The van der Waals surface area contributed by atoms with Crippen molar-refractivity contribution in [3.63, 3.8) is 0 Å². The number of rotatable bonds is 4. The Morgan fingerprint density at radius 3 is 2.92 bits per heavy atom. The maximum atomic E-state index is 13.7. The number of aromatic nitrogens is 4. The van der Waals surface area contributed by atoms with Crippen LogP contribution in [0.5, 0.6) is 0 Å². The smallest absolute Gasteiger partial charge is 0.269 e. The molecule has 0 spiro atoms. The van der Waals surface area contributed by atoms with Crippen LogP contribution in [-0.4, -0.2) is 37.5 Å². The van der Waals surface area contributed by atoms with Gasteiger partial charge in [0.25, 0.3) is 5.91 Å². The molecule has 2 aromatic heterocycles. The van der Waals surface area contributed by atoms with Gasteiger partial charge in [-0.3, -0.25) is 4.79 Å². The molecule has 0 bridgehead atoms. The number of amides is 1. The van der Waals surface area contributed by atoms with Crippen LogP contribution in [0, 0.1) is 5.82 Å². The lowest BCUT2D eigenvalue weighted by atomic mass is 9.91. The van der Waals surface area contributed by atoms with Crippen LogP contribution in [0.15, 0.2) is 18.7 Å². The predicted octanol–water partition coefficient (Wildman–Crippen LogP) is 2.16. The minimum absolute atomic E-state index is 0.00392. The lowest BCUT2D eigenvalue weighted by molar-refractivity contribution is 0.0918. The normalized spacial score (nSPS) is 20.6. The van der Waals surface area contributed by atoms with E-state index in [1.54, 1.807) is 17.9 Å². The van der Waals surface area contributed by atoms with Crippen molar-refractivity contribution in [1.82, 2.24) is 24.8 Å². The summed E-state index contributed by atoms with van der Waals surface area (Å²) in [5, 5.41) is 6.07. The first kappa shape index (κ1) is 16.6. The monoisotopic (exact) mass is 352 g/mol. The molecule has 9 heteroatoms. The van der Waals surface area contributed by atoms with Gasteiger partial charge in [-0.1, -0.05) is 0 Å². The number of hydrogen-bond acceptors (Lipinski definition) is 5. The molecule has 2 aromatic rings. The molecule has 0 aliphatic heterocycles. The van der Waals surface area contributed by atoms with Gasteiger partial charge in [0.15, 0.2) is 11.6 Å². The molecular weight excluding hydrogens is 335 g/mol. The third-order valence-corrected chi connectivity index (χ3v) is 4.30. The van der Waals surface area contributed by atoms with Crippen molar-refractivity contribution in [1.29, 1.82) is 0 Å². The van der Waals surface area contributed by atoms with E-state index < -0.39 is 5.82 Å². The molecule has 128 valence electrons. The Bertz CT molecular complexity index is 737. The molecule has 3 rings (SSSR count). The van der Waals surface area contributed by atoms with Crippen LogP contribution >= 0.6 is 11.6 Å². The summed E-state index contributed by atoms with van der Waals surface area (Å²) in [6, 6.07) is 0.0232. The van der Waals surface area contributed by atoms with Crippen LogP contribution in [0.4, 0.5) is 10.2 Å². The second-order valence-corrected chi connectivity index (χ2v) is 6.24. The van der Waals surface area contributed by atoms with Crippen LogP contribution in [0.3, 0.4) is 0 Å². The average molecular weight is 353 g/mol. The molecule has 0 saturated heterocycles. The zero-order valence-electron chi connectivity index (χ0n) is 13.2. The van der Waals surface area contributed by atoms with Gasteiger partial charge in [-0.15, -0.1) is 0 Å². The fourth-order valence-corrected chi connectivity index (χ4v) is 3.06. The first-order valence-corrected chi connectivity index (χ1v) is 8.12. The van der Waals surface area contributed by atoms with E-state index in [9.17, 15) is 9.18 Å². The van der Waals surface area contributed by atoms with Gasteiger partial charge in [0.1, 0.15) is 5.69 Å². The predicted molar refractivity (Wildman–Crippen MR) is 87.3 cm³/mol. The maximum Gasteiger partial charge on any atom is 0.269 e. The van der Waals surface area contributed by atoms with Gasteiger partial charge in [-0.05, 0) is 37.3 Å². The second kappa shape index (κ2) is 7.12. The van der Waals surface area contributed by atoms with E-state index in [0.29, 0.717) is 12.1 Å². The number of carbonyl (C=O) groups excluding carboxylic acids is 1. The summed E-state index contributed by atoms with van der Waals surface area (Å²) in [4.78, 5) is 23.7. The van der Waals surface area contributed by atoms with Crippen molar-refractivity contribution in [2.75, 3.05) is 5.32 Å². The summed E-state index contributed by atoms with van der Waals surface area (Å²) >= 11 is 5.71. The van der Waals surface area contributed by atoms with Gasteiger partial charge in [0.2, 0.25) is 5.28 Å². The molecule has 0 aromatic carbocycles. The van der Waals surface area contributed by atoms with E-state index >= 15 is 0 Å². The highest BCUT2D eigenvalue weighted by Crippen LogP contribution is 2.23. The van der Waals surface area contributed by atoms with Crippen molar-refractivity contribution < 1.29 is 9.18 Å². The van der Waals surface area contributed by atoms with Crippen LogP contribution < -0.4 is 10.6 Å². The molecule has 2 N–H and O–H groups in total. The minimum atomic E-state index is -0.541. The van der Waals surface area contributed by atoms with Crippen molar-refractivity contribution in [2.24, 2.45) is 7.05 Å². The van der Waals surface area contributed by atoms with Gasteiger partial charge < -0.3 is 15.2 Å². The van der Waals surface area contributed by atoms with E-state index in [1.807, 2.05) is 0 Å². The lowest BCUT2D eigenvalue weighted by Gasteiger charge is -2.30. The SMILES string of the molecule is Cn1cncc1C(=O)NC1CCCC(Nc2nc(Cl)ncc2F)C1. The lowest BCUT2D eigenvalue weighted by Crippen LogP contribution is -2.42. The fraction of sp³-hybridized carbons (Fsp3) is 0.467. The number of hydrogen-bond donors (Lipinski definition) is 2. The minimum Gasteiger partial charge on any atom is -0.365 e. The number of halogens is 2. The van der Waals surface area contributed by atoms with Gasteiger partial charge in [0.05, 0.1) is 18.7 Å². The Kier molecular flexibility index (Phi) is 4.94. The number of nitrogens with one attached hydrogen (secondary N) is 2. The van der Waals surface area contributed by atoms with Gasteiger partial charge in [-0.25, -0.2) is 14.4 Å². The first-order valence-electron chi connectivity index (χ1n) is 7.74. The summed E-state index contributed by atoms with van der Waals surface area (Å²) in [5.74, 6) is -0.601. The summed E-state index contributed by atoms with van der Waals surface area (Å²) in [6.45, 7) is 0. The van der Waals surface area contributed by atoms with Crippen molar-refractivity contribution in [3.05, 3.63) is 35.5 Å². The number of aryl methyl sites for hydroxylation is 1. The van der Waals surface area contributed by atoms with Crippen LogP contribution in [0.2, 0.25) is 5.28 Å². The Morgan fingerprint density at radius 1 is 1.38 bits per heavy atom. The van der Waals surface area contributed by atoms with E-state index in [2.05, 4.69) is 25.6 Å². The quantitative estimate of drug-likeness (QED) is 0.824. The molecule has 1 saturated carbocycles. The highest BCUT2D eigenvalue weighted by molar-refractivity contribution is 6.28. The Morgan fingerprint density at radius 2 is 2.17 bits per heavy atom. The topological polar surface area (TPSA) is 84.7 Å². The Hall–Kier alpha value is -2.22. The Balaban J connectivity index is 1.61. The summed E-state index contributed by atoms with van der Waals surface area (Å²) in [6.07, 6.45) is 7.53.